The summed E-state index contributed by atoms with van der Waals surface area (Å²) in [4.78, 5) is 4.70. The standard InChI is InChI=1S/C18H28N6O.HI/c1-6-19-16(21-13-11-18(4,25-5)17(13,2)3)20-12-15-23-22-14-9-7-8-10-24(14)15;/h7-10,13H,6,11-12H2,1-5H3,(H2,19,20,21);1H. The molecule has 1 saturated carbocycles. The number of aliphatic imine (C=N–C) groups is 1. The summed E-state index contributed by atoms with van der Waals surface area (Å²) in [5.41, 5.74) is 0.756. The molecular formula is C18H29IN6O. The van der Waals surface area contributed by atoms with Crippen LogP contribution < -0.4 is 10.6 Å². The monoisotopic (exact) mass is 472 g/mol. The van der Waals surface area contributed by atoms with Crippen molar-refractivity contribution in [2.24, 2.45) is 10.4 Å². The van der Waals surface area contributed by atoms with Crippen LogP contribution in [0.2, 0.25) is 0 Å². The van der Waals surface area contributed by atoms with Crippen LogP contribution in [-0.4, -0.2) is 45.9 Å². The lowest BCUT2D eigenvalue weighted by Crippen LogP contribution is -2.69. The molecule has 3 rings (SSSR count). The van der Waals surface area contributed by atoms with Crippen LogP contribution in [0.3, 0.4) is 0 Å². The highest BCUT2D eigenvalue weighted by molar-refractivity contribution is 14.0. The van der Waals surface area contributed by atoms with Crippen molar-refractivity contribution >= 4 is 35.6 Å². The summed E-state index contributed by atoms with van der Waals surface area (Å²) in [7, 11) is 1.79. The van der Waals surface area contributed by atoms with E-state index < -0.39 is 0 Å². The molecule has 7 nitrogen and oxygen atoms in total. The summed E-state index contributed by atoms with van der Waals surface area (Å²) >= 11 is 0. The maximum absolute atomic E-state index is 5.71. The zero-order valence-electron chi connectivity index (χ0n) is 16.1. The molecule has 2 aromatic heterocycles. The molecular weight excluding hydrogens is 443 g/mol. The third kappa shape index (κ3) is 3.66. The van der Waals surface area contributed by atoms with Gasteiger partial charge in [-0.05, 0) is 32.4 Å². The first-order valence-electron chi connectivity index (χ1n) is 8.80. The number of nitrogens with zero attached hydrogens (tertiary/aromatic N) is 4. The number of hydrogen-bond acceptors (Lipinski definition) is 4. The Hall–Kier alpha value is -1.42. The number of guanidine groups is 1. The molecule has 2 atom stereocenters. The summed E-state index contributed by atoms with van der Waals surface area (Å²) in [5.74, 6) is 1.62. The van der Waals surface area contributed by atoms with Crippen LogP contribution >= 0.6 is 24.0 Å². The molecule has 8 heteroatoms. The first-order valence-corrected chi connectivity index (χ1v) is 8.80. The van der Waals surface area contributed by atoms with Gasteiger partial charge in [0.05, 0.1) is 5.60 Å². The third-order valence-electron chi connectivity index (χ3n) is 5.70. The number of ether oxygens (including phenoxy) is 1. The van der Waals surface area contributed by atoms with Crippen molar-refractivity contribution in [3.05, 3.63) is 30.2 Å². The van der Waals surface area contributed by atoms with Crippen molar-refractivity contribution in [1.29, 1.82) is 0 Å². The number of halogens is 1. The van der Waals surface area contributed by atoms with E-state index in [2.05, 4.69) is 48.5 Å². The van der Waals surface area contributed by atoms with E-state index in [-0.39, 0.29) is 35.0 Å². The maximum atomic E-state index is 5.71. The number of rotatable bonds is 5. The predicted octanol–water partition coefficient (Wildman–Crippen LogP) is 2.61. The quantitative estimate of drug-likeness (QED) is 0.398. The second-order valence-corrected chi connectivity index (χ2v) is 7.30. The molecule has 0 spiro atoms. The molecule has 26 heavy (non-hydrogen) atoms. The predicted molar refractivity (Wildman–Crippen MR) is 114 cm³/mol. The molecule has 1 aliphatic rings. The number of fused-ring (bicyclic) bond motifs is 1. The highest BCUT2D eigenvalue weighted by Crippen LogP contribution is 2.51. The lowest BCUT2D eigenvalue weighted by Gasteiger charge is -2.59. The molecule has 2 aromatic rings. The van der Waals surface area contributed by atoms with Crippen LogP contribution in [-0.2, 0) is 11.3 Å². The normalized spacial score (nSPS) is 24.7. The van der Waals surface area contributed by atoms with Gasteiger partial charge in [0.2, 0.25) is 0 Å². The van der Waals surface area contributed by atoms with Gasteiger partial charge in [-0.3, -0.25) is 4.40 Å². The fourth-order valence-electron chi connectivity index (χ4n) is 3.36. The zero-order valence-corrected chi connectivity index (χ0v) is 18.4. The highest BCUT2D eigenvalue weighted by Gasteiger charge is 2.58. The topological polar surface area (TPSA) is 75.8 Å². The Bertz CT molecular complexity index is 774. The average molecular weight is 472 g/mol. The molecule has 0 aromatic carbocycles. The van der Waals surface area contributed by atoms with Crippen molar-refractivity contribution in [2.75, 3.05) is 13.7 Å². The number of nitrogens with one attached hydrogen (secondary N) is 2. The second kappa shape index (κ2) is 8.08. The molecule has 2 heterocycles. The van der Waals surface area contributed by atoms with Gasteiger partial charge in [-0.15, -0.1) is 34.2 Å². The van der Waals surface area contributed by atoms with Gasteiger partial charge in [0.1, 0.15) is 6.54 Å². The fourth-order valence-corrected chi connectivity index (χ4v) is 3.36. The Balaban J connectivity index is 0.00000243. The molecule has 0 saturated heterocycles. The highest BCUT2D eigenvalue weighted by atomic mass is 127. The van der Waals surface area contributed by atoms with Crippen LogP contribution in [0.5, 0.6) is 0 Å². The molecule has 0 bridgehead atoms. The molecule has 0 amide bonds. The number of methoxy groups -OCH3 is 1. The lowest BCUT2D eigenvalue weighted by molar-refractivity contribution is -0.176. The molecule has 144 valence electrons. The van der Waals surface area contributed by atoms with Gasteiger partial charge >= 0.3 is 0 Å². The molecule has 0 aliphatic heterocycles. The summed E-state index contributed by atoms with van der Waals surface area (Å²) in [6.07, 6.45) is 2.91. The Kier molecular flexibility index (Phi) is 6.49. The van der Waals surface area contributed by atoms with Crippen LogP contribution in [0, 0.1) is 5.41 Å². The molecule has 2 N–H and O–H groups in total. The Morgan fingerprint density at radius 2 is 2.12 bits per heavy atom. The average Bonchev–Trinajstić information content (AvgIpc) is 3.02. The summed E-state index contributed by atoms with van der Waals surface area (Å²) in [6.45, 7) is 9.96. The van der Waals surface area contributed by atoms with Gasteiger partial charge < -0.3 is 15.4 Å². The van der Waals surface area contributed by atoms with E-state index in [4.69, 9.17) is 9.73 Å². The van der Waals surface area contributed by atoms with Gasteiger partial charge in [-0.25, -0.2) is 4.99 Å². The Labute approximate surface area is 172 Å². The van der Waals surface area contributed by atoms with Crippen molar-refractivity contribution in [1.82, 2.24) is 25.2 Å². The minimum absolute atomic E-state index is 0. The fraction of sp³-hybridized carbons (Fsp3) is 0.611. The van der Waals surface area contributed by atoms with Crippen LogP contribution in [0.1, 0.15) is 39.9 Å². The summed E-state index contributed by atoms with van der Waals surface area (Å²) in [6, 6.07) is 6.17. The number of aromatic nitrogens is 3. The minimum atomic E-state index is -0.106. The van der Waals surface area contributed by atoms with E-state index >= 15 is 0 Å². The molecule has 0 radical (unpaired) electrons. The van der Waals surface area contributed by atoms with Crippen molar-refractivity contribution in [3.8, 4) is 0 Å². The first kappa shape index (κ1) is 20.9. The van der Waals surface area contributed by atoms with E-state index in [1.807, 2.05) is 28.8 Å². The van der Waals surface area contributed by atoms with Gasteiger partial charge in [-0.1, -0.05) is 19.9 Å². The number of pyridine rings is 1. The van der Waals surface area contributed by atoms with Crippen molar-refractivity contribution < 1.29 is 4.74 Å². The van der Waals surface area contributed by atoms with Gasteiger partial charge in [0.15, 0.2) is 17.4 Å². The van der Waals surface area contributed by atoms with E-state index in [0.29, 0.717) is 12.6 Å². The molecule has 1 fully saturated rings. The van der Waals surface area contributed by atoms with Gasteiger partial charge in [-0.2, -0.15) is 0 Å². The smallest absolute Gasteiger partial charge is 0.191 e. The van der Waals surface area contributed by atoms with E-state index in [1.54, 1.807) is 7.11 Å². The Morgan fingerprint density at radius 3 is 2.77 bits per heavy atom. The van der Waals surface area contributed by atoms with Crippen molar-refractivity contribution in [3.63, 3.8) is 0 Å². The summed E-state index contributed by atoms with van der Waals surface area (Å²) in [5, 5.41) is 15.3. The van der Waals surface area contributed by atoms with Crippen LogP contribution in [0.25, 0.3) is 5.65 Å². The minimum Gasteiger partial charge on any atom is -0.378 e. The van der Waals surface area contributed by atoms with Crippen LogP contribution in [0.15, 0.2) is 29.4 Å². The lowest BCUT2D eigenvalue weighted by atomic mass is 9.56. The van der Waals surface area contributed by atoms with E-state index in [0.717, 1.165) is 30.4 Å². The second-order valence-electron chi connectivity index (χ2n) is 7.30. The summed E-state index contributed by atoms with van der Waals surface area (Å²) < 4.78 is 7.67. The first-order chi connectivity index (χ1) is 11.9. The van der Waals surface area contributed by atoms with Gasteiger partial charge in [0.25, 0.3) is 0 Å². The third-order valence-corrected chi connectivity index (χ3v) is 5.70. The molecule has 1 aliphatic carbocycles. The van der Waals surface area contributed by atoms with Gasteiger partial charge in [0, 0.05) is 31.3 Å². The van der Waals surface area contributed by atoms with E-state index in [9.17, 15) is 0 Å². The SMILES string of the molecule is CCNC(=NCc1nnc2ccccn12)NC1CC(C)(OC)C1(C)C.I. The zero-order chi connectivity index (χ0) is 18.1. The van der Waals surface area contributed by atoms with Crippen LogP contribution in [0.4, 0.5) is 0 Å². The van der Waals surface area contributed by atoms with Crippen molar-refractivity contribution in [2.45, 2.75) is 52.3 Å². The van der Waals surface area contributed by atoms with E-state index in [1.165, 1.54) is 0 Å². The number of hydrogen-bond donors (Lipinski definition) is 2. The largest absolute Gasteiger partial charge is 0.378 e. The maximum Gasteiger partial charge on any atom is 0.191 e. The molecule has 2 unspecified atom stereocenters. The Morgan fingerprint density at radius 1 is 1.35 bits per heavy atom.